The Morgan fingerprint density at radius 1 is 1.34 bits per heavy atom. The van der Waals surface area contributed by atoms with Crippen LogP contribution in [0.5, 0.6) is 0 Å². The Bertz CT molecular complexity index is 903. The van der Waals surface area contributed by atoms with Gasteiger partial charge in [0.25, 0.3) is 0 Å². The number of amides is 3. The minimum atomic E-state index is -1.00. The minimum Gasteiger partial charge on any atom is -0.368 e. The number of nitrogens with two attached hydrogens (primary N) is 1. The average Bonchev–Trinajstić information content (AvgIpc) is 3.10. The number of hydrogen-bond donors (Lipinski definition) is 3. The van der Waals surface area contributed by atoms with Crippen molar-refractivity contribution in [3.63, 3.8) is 0 Å². The summed E-state index contributed by atoms with van der Waals surface area (Å²) in [4.78, 5) is 49.0. The molecule has 7 nitrogen and oxygen atoms in total. The fourth-order valence-corrected chi connectivity index (χ4v) is 3.83. The quantitative estimate of drug-likeness (QED) is 0.435. The molecular weight excluding hydrogens is 437 g/mol. The predicted octanol–water partition coefficient (Wildman–Crippen LogP) is 2.61. The first-order chi connectivity index (χ1) is 15.1. The van der Waals surface area contributed by atoms with Gasteiger partial charge in [0.1, 0.15) is 11.9 Å². The number of benzene rings is 1. The molecule has 0 spiro atoms. The number of nitrogens with one attached hydrogen (secondary N) is 2. The van der Waals surface area contributed by atoms with Crippen molar-refractivity contribution < 1.29 is 23.6 Å². The second kappa shape index (κ2) is 11.8. The number of hydrogen-bond acceptors (Lipinski definition) is 4. The van der Waals surface area contributed by atoms with Gasteiger partial charge in [-0.15, -0.1) is 0 Å². The van der Waals surface area contributed by atoms with E-state index >= 15 is 0 Å². The minimum absolute atomic E-state index is 0.106. The maximum atomic E-state index is 13.9. The highest BCUT2D eigenvalue weighted by Gasteiger charge is 2.32. The molecule has 0 aliphatic carbocycles. The van der Waals surface area contributed by atoms with Crippen molar-refractivity contribution in [2.75, 3.05) is 6.54 Å². The molecule has 32 heavy (non-hydrogen) atoms. The van der Waals surface area contributed by atoms with E-state index in [-0.39, 0.29) is 41.0 Å². The highest BCUT2D eigenvalue weighted by molar-refractivity contribution is 6.30. The van der Waals surface area contributed by atoms with Crippen molar-refractivity contribution in [1.82, 2.24) is 10.6 Å². The summed E-state index contributed by atoms with van der Waals surface area (Å²) in [5.41, 5.74) is 5.64. The lowest BCUT2D eigenvalue weighted by Crippen LogP contribution is -2.48. The Morgan fingerprint density at radius 3 is 2.62 bits per heavy atom. The van der Waals surface area contributed by atoms with Gasteiger partial charge >= 0.3 is 0 Å². The molecule has 0 saturated carbocycles. The molecule has 1 aliphatic rings. The summed E-state index contributed by atoms with van der Waals surface area (Å²) in [5, 5.41) is 5.55. The molecule has 4 N–H and O–H groups in total. The number of rotatable bonds is 11. The maximum Gasteiger partial charge on any atom is 0.240 e. The van der Waals surface area contributed by atoms with E-state index in [1.807, 2.05) is 13.8 Å². The van der Waals surface area contributed by atoms with E-state index in [2.05, 4.69) is 10.6 Å². The number of carbonyl (C=O) groups is 4. The molecule has 0 unspecified atom stereocenters. The van der Waals surface area contributed by atoms with Gasteiger partial charge in [-0.25, -0.2) is 4.39 Å². The van der Waals surface area contributed by atoms with Crippen LogP contribution in [0.2, 0.25) is 5.02 Å². The summed E-state index contributed by atoms with van der Waals surface area (Å²) in [6, 6.07) is 3.11. The SMILES string of the molecule is CC(C)C[C@H](CC(=O)/C=C/c1ccc(Cl)cc1F)C(=O)N[C@@H](C[C@@H]1CCNC1=O)C(N)=O. The molecular formula is C23H29ClFN3O4. The summed E-state index contributed by atoms with van der Waals surface area (Å²) in [6.07, 6.45) is 3.55. The van der Waals surface area contributed by atoms with E-state index in [1.54, 1.807) is 0 Å². The van der Waals surface area contributed by atoms with Gasteiger partial charge in [0.05, 0.1) is 0 Å². The lowest BCUT2D eigenvalue weighted by molar-refractivity contribution is -0.132. The zero-order chi connectivity index (χ0) is 23.8. The Kier molecular flexibility index (Phi) is 9.38. The molecule has 0 radical (unpaired) electrons. The van der Waals surface area contributed by atoms with Crippen LogP contribution >= 0.6 is 11.6 Å². The number of carbonyl (C=O) groups excluding carboxylic acids is 4. The highest BCUT2D eigenvalue weighted by Crippen LogP contribution is 2.21. The van der Waals surface area contributed by atoms with Crippen LogP contribution in [0.3, 0.4) is 0 Å². The Hall–Kier alpha value is -2.74. The highest BCUT2D eigenvalue weighted by atomic mass is 35.5. The molecule has 1 aliphatic heterocycles. The summed E-state index contributed by atoms with van der Waals surface area (Å²) in [6.45, 7) is 4.35. The lowest BCUT2D eigenvalue weighted by Gasteiger charge is -2.22. The zero-order valence-corrected chi connectivity index (χ0v) is 19.0. The van der Waals surface area contributed by atoms with Crippen LogP contribution in [-0.2, 0) is 19.2 Å². The number of primary amides is 1. The summed E-state index contributed by atoms with van der Waals surface area (Å²) in [7, 11) is 0. The third-order valence-electron chi connectivity index (χ3n) is 5.33. The molecule has 0 aromatic heterocycles. The molecule has 3 atom stereocenters. The van der Waals surface area contributed by atoms with Gasteiger partial charge < -0.3 is 16.4 Å². The second-order valence-electron chi connectivity index (χ2n) is 8.47. The van der Waals surface area contributed by atoms with Crippen molar-refractivity contribution in [2.24, 2.45) is 23.5 Å². The van der Waals surface area contributed by atoms with Crippen molar-refractivity contribution in [3.05, 3.63) is 40.7 Å². The smallest absolute Gasteiger partial charge is 0.240 e. The van der Waals surface area contributed by atoms with Crippen molar-refractivity contribution >= 4 is 41.2 Å². The third kappa shape index (κ3) is 7.75. The van der Waals surface area contributed by atoms with Gasteiger partial charge in [0.2, 0.25) is 17.7 Å². The fourth-order valence-electron chi connectivity index (χ4n) is 3.67. The first kappa shape index (κ1) is 25.5. The summed E-state index contributed by atoms with van der Waals surface area (Å²) >= 11 is 5.73. The lowest BCUT2D eigenvalue weighted by atomic mass is 9.90. The van der Waals surface area contributed by atoms with E-state index in [1.165, 1.54) is 24.3 Å². The van der Waals surface area contributed by atoms with Crippen LogP contribution < -0.4 is 16.4 Å². The van der Waals surface area contributed by atoms with Crippen LogP contribution in [0.15, 0.2) is 24.3 Å². The molecule has 9 heteroatoms. The van der Waals surface area contributed by atoms with E-state index < -0.39 is 35.5 Å². The van der Waals surface area contributed by atoms with Gasteiger partial charge in [-0.2, -0.15) is 0 Å². The first-order valence-electron chi connectivity index (χ1n) is 10.6. The van der Waals surface area contributed by atoms with Crippen molar-refractivity contribution in [3.8, 4) is 0 Å². The molecule has 1 aromatic carbocycles. The Balaban J connectivity index is 2.05. The van der Waals surface area contributed by atoms with Gasteiger partial charge in [-0.3, -0.25) is 19.2 Å². The normalized spacial score (nSPS) is 17.9. The monoisotopic (exact) mass is 465 g/mol. The van der Waals surface area contributed by atoms with Crippen LogP contribution in [0.1, 0.15) is 45.1 Å². The molecule has 174 valence electrons. The zero-order valence-electron chi connectivity index (χ0n) is 18.2. The van der Waals surface area contributed by atoms with E-state index in [0.717, 1.165) is 6.07 Å². The van der Waals surface area contributed by atoms with E-state index in [9.17, 15) is 23.6 Å². The Labute approximate surface area is 191 Å². The van der Waals surface area contributed by atoms with Crippen molar-refractivity contribution in [2.45, 2.75) is 45.6 Å². The summed E-state index contributed by atoms with van der Waals surface area (Å²) in [5.74, 6) is -3.25. The maximum absolute atomic E-state index is 13.9. The first-order valence-corrected chi connectivity index (χ1v) is 11.0. The Morgan fingerprint density at radius 2 is 2.06 bits per heavy atom. The van der Waals surface area contributed by atoms with E-state index in [4.69, 9.17) is 17.3 Å². The molecule has 1 saturated heterocycles. The molecule has 0 bridgehead atoms. The molecule has 1 fully saturated rings. The number of halogens is 2. The standard InChI is InChI=1S/C23H29ClFN3O4/c1-13(2)9-16(10-18(29)6-4-14-3-5-17(24)12-19(14)25)23(32)28-20(21(26)30)11-15-7-8-27-22(15)31/h3-6,12-13,15-16,20H,7-11H2,1-2H3,(H2,26,30)(H,27,31)(H,28,32)/b6-4+/t15-,16+,20-/m0/s1. The largest absolute Gasteiger partial charge is 0.368 e. The van der Waals surface area contributed by atoms with Crippen LogP contribution in [0, 0.1) is 23.6 Å². The topological polar surface area (TPSA) is 118 Å². The summed E-state index contributed by atoms with van der Waals surface area (Å²) < 4.78 is 13.9. The second-order valence-corrected chi connectivity index (χ2v) is 8.91. The number of allylic oxidation sites excluding steroid dienone is 1. The molecule has 2 rings (SSSR count). The average molecular weight is 466 g/mol. The van der Waals surface area contributed by atoms with Crippen LogP contribution in [0.25, 0.3) is 6.08 Å². The number of ketones is 1. The fraction of sp³-hybridized carbons (Fsp3) is 0.478. The molecule has 1 heterocycles. The van der Waals surface area contributed by atoms with Crippen LogP contribution in [0.4, 0.5) is 4.39 Å². The van der Waals surface area contributed by atoms with E-state index in [0.29, 0.717) is 19.4 Å². The van der Waals surface area contributed by atoms with Gasteiger partial charge in [0, 0.05) is 35.4 Å². The van der Waals surface area contributed by atoms with Gasteiger partial charge in [0.15, 0.2) is 5.78 Å². The molecule has 1 aromatic rings. The van der Waals surface area contributed by atoms with Crippen molar-refractivity contribution in [1.29, 1.82) is 0 Å². The van der Waals surface area contributed by atoms with Gasteiger partial charge in [-0.05, 0) is 49.5 Å². The molecule has 3 amide bonds. The van der Waals surface area contributed by atoms with Crippen LogP contribution in [-0.4, -0.2) is 36.1 Å². The predicted molar refractivity (Wildman–Crippen MR) is 120 cm³/mol. The van der Waals surface area contributed by atoms with Gasteiger partial charge in [-0.1, -0.05) is 31.5 Å². The third-order valence-corrected chi connectivity index (χ3v) is 5.56.